The van der Waals surface area contributed by atoms with Crippen LogP contribution in [0.5, 0.6) is 0 Å². The van der Waals surface area contributed by atoms with E-state index in [1.165, 1.54) is 12.3 Å². The summed E-state index contributed by atoms with van der Waals surface area (Å²) >= 11 is 0. The molecule has 2 heterocycles. The summed E-state index contributed by atoms with van der Waals surface area (Å²) in [6.45, 7) is -2.81. The van der Waals surface area contributed by atoms with Gasteiger partial charge in [0.15, 0.2) is 5.69 Å². The largest absolute Gasteiger partial charge is 0.476 e. The van der Waals surface area contributed by atoms with Gasteiger partial charge in [0.25, 0.3) is 0 Å². The number of nitrogens with zero attached hydrogens (tertiary/aromatic N) is 1. The quantitative estimate of drug-likeness (QED) is 0.804. The summed E-state index contributed by atoms with van der Waals surface area (Å²) in [5.74, 6) is -1.48. The number of fused-ring (bicyclic) bond motifs is 1. The zero-order valence-corrected chi connectivity index (χ0v) is 7.44. The number of H-pyrrole nitrogens is 1. The van der Waals surface area contributed by atoms with Crippen LogP contribution in [-0.2, 0) is 11.3 Å². The van der Waals surface area contributed by atoms with Crippen LogP contribution in [0.15, 0.2) is 18.3 Å². The highest BCUT2D eigenvalue weighted by atomic mass is 16.5. The maximum Gasteiger partial charge on any atom is 0.354 e. The van der Waals surface area contributed by atoms with Gasteiger partial charge < -0.3 is 14.8 Å². The Morgan fingerprint density at radius 2 is 2.73 bits per heavy atom. The molecule has 0 atom stereocenters. The van der Waals surface area contributed by atoms with E-state index < -0.39 is 30.8 Å². The minimum absolute atomic E-state index is 0.260. The van der Waals surface area contributed by atoms with Gasteiger partial charge in [-0.15, -0.1) is 0 Å². The molecule has 0 spiro atoms. The molecule has 0 radical (unpaired) electrons. The van der Waals surface area contributed by atoms with E-state index in [1.54, 1.807) is 6.07 Å². The monoisotopic (exact) mass is 211 g/mol. The molecule has 0 amide bonds. The maximum atomic E-state index is 11.2. The Morgan fingerprint density at radius 3 is 3.47 bits per heavy atom. The first-order valence-electron chi connectivity index (χ1n) is 6.52. The Morgan fingerprint density at radius 1 is 1.87 bits per heavy atom. The van der Waals surface area contributed by atoms with Gasteiger partial charge in [-0.3, -0.25) is 0 Å². The van der Waals surface area contributed by atoms with Gasteiger partial charge in [0.2, 0.25) is 0 Å². The summed E-state index contributed by atoms with van der Waals surface area (Å²) in [5, 5.41) is 9.53. The minimum Gasteiger partial charge on any atom is -0.476 e. The highest BCUT2D eigenvalue weighted by Gasteiger charge is 2.13. The minimum atomic E-state index is -3.01. The van der Waals surface area contributed by atoms with Gasteiger partial charge in [-0.2, -0.15) is 0 Å². The molecule has 0 aliphatic heterocycles. The lowest BCUT2D eigenvalue weighted by Gasteiger charge is -2.04. The molecule has 78 valence electrons. The summed E-state index contributed by atoms with van der Waals surface area (Å²) in [4.78, 5) is 17.6. The highest BCUT2D eigenvalue weighted by molar-refractivity contribution is 5.90. The van der Waals surface area contributed by atoms with Gasteiger partial charge >= 0.3 is 5.97 Å². The number of aromatic amines is 1. The molecule has 0 bridgehead atoms. The van der Waals surface area contributed by atoms with Crippen molar-refractivity contribution >= 4 is 17.0 Å². The molecule has 0 aromatic carbocycles. The Hall–Kier alpha value is -1.88. The second-order valence-electron chi connectivity index (χ2n) is 2.81. The summed E-state index contributed by atoms with van der Waals surface area (Å²) < 4.78 is 40.5. The number of hydrogen-bond acceptors (Lipinski definition) is 3. The fraction of sp³-hybridized carbons (Fsp3) is 0.200. The van der Waals surface area contributed by atoms with Gasteiger partial charge in [-0.05, 0) is 12.1 Å². The molecule has 0 aliphatic rings. The van der Waals surface area contributed by atoms with Crippen LogP contribution in [0.3, 0.4) is 0 Å². The average Bonchev–Trinajstić information content (AvgIpc) is 2.70. The first-order chi connectivity index (χ1) is 9.10. The van der Waals surface area contributed by atoms with E-state index in [1.807, 2.05) is 0 Å². The first kappa shape index (κ1) is 5.27. The molecule has 2 N–H and O–H groups in total. The number of carboxylic acid groups (broad SMARTS) is 1. The average molecular weight is 211 g/mol. The lowest BCUT2D eigenvalue weighted by molar-refractivity contribution is 0.0685. The van der Waals surface area contributed by atoms with Crippen molar-refractivity contribution in [3.63, 3.8) is 0 Å². The van der Waals surface area contributed by atoms with Crippen LogP contribution in [0.2, 0.25) is 0 Å². The van der Waals surface area contributed by atoms with Crippen LogP contribution in [-0.4, -0.2) is 28.1 Å². The number of aromatic carboxylic acids is 1. The first-order valence-corrected chi connectivity index (χ1v) is 4.02. The molecule has 2 aromatic rings. The third-order valence-corrected chi connectivity index (χ3v) is 1.90. The van der Waals surface area contributed by atoms with Gasteiger partial charge in [-0.25, -0.2) is 9.78 Å². The van der Waals surface area contributed by atoms with E-state index in [9.17, 15) is 4.79 Å². The molecule has 0 aliphatic carbocycles. The second kappa shape index (κ2) is 3.70. The summed E-state index contributed by atoms with van der Waals surface area (Å²) in [6, 6.07) is 2.76. The van der Waals surface area contributed by atoms with E-state index in [0.717, 1.165) is 0 Å². The lowest BCUT2D eigenvalue weighted by atomic mass is 10.1. The van der Waals surface area contributed by atoms with E-state index in [4.69, 9.17) is 12.0 Å². The van der Waals surface area contributed by atoms with Gasteiger partial charge in [-0.1, -0.05) is 0 Å². The Bertz CT molecular complexity index is 664. The van der Waals surface area contributed by atoms with Crippen molar-refractivity contribution in [1.29, 1.82) is 0 Å². The molecule has 2 rings (SSSR count). The van der Waals surface area contributed by atoms with Crippen molar-refractivity contribution in [2.45, 2.75) is 6.56 Å². The zero-order valence-electron chi connectivity index (χ0n) is 12.4. The van der Waals surface area contributed by atoms with Crippen molar-refractivity contribution in [3.8, 4) is 0 Å². The van der Waals surface area contributed by atoms with Crippen LogP contribution >= 0.6 is 0 Å². The molecule has 0 saturated heterocycles. The fourth-order valence-electron chi connectivity index (χ4n) is 1.28. The van der Waals surface area contributed by atoms with Crippen LogP contribution in [0.4, 0.5) is 0 Å². The maximum absolute atomic E-state index is 11.2. The van der Waals surface area contributed by atoms with Crippen LogP contribution in [0.25, 0.3) is 11.0 Å². The zero-order chi connectivity index (χ0) is 15.1. The molecule has 5 heteroatoms. The smallest absolute Gasteiger partial charge is 0.354 e. The Balaban J connectivity index is 2.61. The summed E-state index contributed by atoms with van der Waals surface area (Å²) in [5.41, 5.74) is -0.793. The Kier molecular flexibility index (Phi) is 1.30. The fourth-order valence-corrected chi connectivity index (χ4v) is 1.28. The standard InChI is InChI=1S/C10H10N2O3/c1-15-5-7-4-6-2-3-11-9(6)12-8(7)10(13)14/h2-4H,5H2,1H3,(H,11,12)(H,13,14)/i1D3,5D2. The van der Waals surface area contributed by atoms with Crippen LogP contribution < -0.4 is 0 Å². The number of methoxy groups -OCH3 is 1. The molecule has 5 nitrogen and oxygen atoms in total. The van der Waals surface area contributed by atoms with Crippen molar-refractivity contribution in [1.82, 2.24) is 9.97 Å². The number of nitrogens with one attached hydrogen (secondary N) is 1. The number of pyridine rings is 1. The van der Waals surface area contributed by atoms with E-state index in [0.29, 0.717) is 5.39 Å². The molecule has 0 fully saturated rings. The Labute approximate surface area is 92.7 Å². The normalized spacial score (nSPS) is 17.5. The van der Waals surface area contributed by atoms with E-state index in [-0.39, 0.29) is 5.65 Å². The van der Waals surface area contributed by atoms with Crippen molar-refractivity contribution < 1.29 is 21.5 Å². The molecule has 0 unspecified atom stereocenters. The topological polar surface area (TPSA) is 75.2 Å². The number of rotatable bonds is 3. The van der Waals surface area contributed by atoms with Gasteiger partial charge in [0, 0.05) is 24.2 Å². The second-order valence-corrected chi connectivity index (χ2v) is 2.81. The number of aromatic nitrogens is 2. The number of carbonyl (C=O) groups is 1. The molecule has 2 aromatic heterocycles. The third-order valence-electron chi connectivity index (χ3n) is 1.90. The molecule has 0 saturated carbocycles. The number of hydrogen-bond donors (Lipinski definition) is 2. The highest BCUT2D eigenvalue weighted by Crippen LogP contribution is 2.16. The lowest BCUT2D eigenvalue weighted by Crippen LogP contribution is -2.06. The van der Waals surface area contributed by atoms with Crippen molar-refractivity contribution in [2.24, 2.45) is 0 Å². The van der Waals surface area contributed by atoms with E-state index in [2.05, 4.69) is 14.7 Å². The number of ether oxygens (including phenoxy) is 1. The number of carboxylic acids is 1. The molecule has 15 heavy (non-hydrogen) atoms. The van der Waals surface area contributed by atoms with E-state index >= 15 is 0 Å². The molecular weight excluding hydrogens is 196 g/mol. The van der Waals surface area contributed by atoms with Gasteiger partial charge in [0.1, 0.15) is 5.65 Å². The predicted octanol–water partition coefficient (Wildman–Crippen LogP) is 1.41. The summed E-state index contributed by atoms with van der Waals surface area (Å²) in [6.07, 6.45) is 1.51. The SMILES string of the molecule is [2H]C([2H])([2H])OC([2H])([2H])c1cc2cc[nH]c2nc1C(=O)O. The van der Waals surface area contributed by atoms with Crippen molar-refractivity contribution in [2.75, 3.05) is 7.04 Å². The molecular formula is C10H10N2O3. The predicted molar refractivity (Wildman–Crippen MR) is 53.8 cm³/mol. The van der Waals surface area contributed by atoms with Crippen LogP contribution in [0, 0.1) is 0 Å². The van der Waals surface area contributed by atoms with Gasteiger partial charge in [0.05, 0.1) is 13.4 Å². The third kappa shape index (κ3) is 1.69. The van der Waals surface area contributed by atoms with Crippen LogP contribution in [0.1, 0.15) is 22.9 Å². The summed E-state index contributed by atoms with van der Waals surface area (Å²) in [7, 11) is -3.01. The van der Waals surface area contributed by atoms with Crippen molar-refractivity contribution in [3.05, 3.63) is 29.6 Å².